The van der Waals surface area contributed by atoms with Crippen LogP contribution in [-0.4, -0.2) is 61.1 Å². The molecule has 0 saturated carbocycles. The van der Waals surface area contributed by atoms with Crippen molar-refractivity contribution in [3.8, 4) is 5.75 Å². The third-order valence-corrected chi connectivity index (χ3v) is 4.25. The molecule has 2 heterocycles. The fourth-order valence-corrected chi connectivity index (χ4v) is 2.93. The fraction of sp³-hybridized carbons (Fsp3) is 0.500. The van der Waals surface area contributed by atoms with E-state index in [9.17, 15) is 14.7 Å². The van der Waals surface area contributed by atoms with Gasteiger partial charge >= 0.3 is 5.97 Å². The standard InChI is InChI=1S/C16H18O7/c1-9(17)16(8-22-13-12(18)7-21-14(13)16)23-15(19)10-4-3-5-11(6-10)20-2/h3-6,12-14,18H,7-8H2,1-2H3/t12-,13-,14+,16-/m1/s1. The second kappa shape index (κ2) is 5.92. The summed E-state index contributed by atoms with van der Waals surface area (Å²) in [5, 5.41) is 9.81. The molecular weight excluding hydrogens is 304 g/mol. The Kier molecular flexibility index (Phi) is 4.09. The van der Waals surface area contributed by atoms with Gasteiger partial charge in [-0.05, 0) is 25.1 Å². The first-order chi connectivity index (χ1) is 11.0. The lowest BCUT2D eigenvalue weighted by Gasteiger charge is -2.29. The van der Waals surface area contributed by atoms with Gasteiger partial charge in [0, 0.05) is 0 Å². The predicted molar refractivity (Wildman–Crippen MR) is 77.3 cm³/mol. The molecule has 3 rings (SSSR count). The number of aliphatic hydroxyl groups is 1. The van der Waals surface area contributed by atoms with Crippen molar-refractivity contribution in [2.45, 2.75) is 30.8 Å². The molecule has 1 aromatic rings. The average Bonchev–Trinajstić information content (AvgIpc) is 3.10. The zero-order valence-electron chi connectivity index (χ0n) is 12.9. The molecule has 0 amide bonds. The fourth-order valence-electron chi connectivity index (χ4n) is 2.93. The van der Waals surface area contributed by atoms with Crippen LogP contribution < -0.4 is 4.74 Å². The van der Waals surface area contributed by atoms with E-state index in [4.69, 9.17) is 18.9 Å². The second-order valence-electron chi connectivity index (χ2n) is 5.66. The molecule has 0 aliphatic carbocycles. The zero-order chi connectivity index (χ0) is 16.6. The van der Waals surface area contributed by atoms with E-state index in [0.717, 1.165) is 0 Å². The number of hydrogen-bond acceptors (Lipinski definition) is 7. The number of fused-ring (bicyclic) bond motifs is 1. The minimum Gasteiger partial charge on any atom is -0.497 e. The van der Waals surface area contributed by atoms with Crippen LogP contribution in [0.3, 0.4) is 0 Å². The summed E-state index contributed by atoms with van der Waals surface area (Å²) in [6.45, 7) is 1.23. The Balaban J connectivity index is 1.86. The molecule has 0 spiro atoms. The molecule has 2 aliphatic heterocycles. The lowest BCUT2D eigenvalue weighted by atomic mass is 9.91. The molecule has 1 N–H and O–H groups in total. The van der Waals surface area contributed by atoms with E-state index >= 15 is 0 Å². The van der Waals surface area contributed by atoms with Gasteiger partial charge in [-0.15, -0.1) is 0 Å². The number of esters is 1. The molecule has 0 bridgehead atoms. The van der Waals surface area contributed by atoms with Crippen molar-refractivity contribution < 1.29 is 33.6 Å². The Morgan fingerprint density at radius 2 is 2.13 bits per heavy atom. The number of benzene rings is 1. The molecule has 4 atom stereocenters. The first-order valence-corrected chi connectivity index (χ1v) is 7.27. The Hall–Kier alpha value is -1.96. The van der Waals surface area contributed by atoms with Crippen LogP contribution >= 0.6 is 0 Å². The molecule has 1 aromatic carbocycles. The maximum Gasteiger partial charge on any atom is 0.339 e. The number of methoxy groups -OCH3 is 1. The molecule has 0 unspecified atom stereocenters. The van der Waals surface area contributed by atoms with Crippen molar-refractivity contribution in [2.24, 2.45) is 0 Å². The highest BCUT2D eigenvalue weighted by Crippen LogP contribution is 2.38. The maximum absolute atomic E-state index is 12.4. The lowest BCUT2D eigenvalue weighted by Crippen LogP contribution is -2.53. The highest BCUT2D eigenvalue weighted by Gasteiger charge is 2.61. The Bertz CT molecular complexity index is 629. The number of ketones is 1. The van der Waals surface area contributed by atoms with Gasteiger partial charge in [-0.25, -0.2) is 4.79 Å². The smallest absolute Gasteiger partial charge is 0.339 e. The summed E-state index contributed by atoms with van der Waals surface area (Å²) in [6.07, 6.45) is -2.31. The van der Waals surface area contributed by atoms with Crippen LogP contribution in [0.4, 0.5) is 0 Å². The number of rotatable bonds is 4. The quantitative estimate of drug-likeness (QED) is 0.799. The van der Waals surface area contributed by atoms with Gasteiger partial charge in [0.1, 0.15) is 24.1 Å². The summed E-state index contributed by atoms with van der Waals surface area (Å²) in [5.74, 6) is -0.548. The molecule has 0 aromatic heterocycles. The first kappa shape index (κ1) is 15.9. The van der Waals surface area contributed by atoms with Crippen LogP contribution in [0.2, 0.25) is 0 Å². The van der Waals surface area contributed by atoms with E-state index in [-0.39, 0.29) is 24.6 Å². The number of hydrogen-bond donors (Lipinski definition) is 1. The van der Waals surface area contributed by atoms with E-state index in [1.54, 1.807) is 18.2 Å². The molecule has 124 valence electrons. The SMILES string of the molecule is COc1cccc(C(=O)O[C@@]2(C(C)=O)CO[C@@H]3[C@H](O)CO[C@@H]32)c1. The van der Waals surface area contributed by atoms with Crippen molar-refractivity contribution in [1.29, 1.82) is 0 Å². The summed E-state index contributed by atoms with van der Waals surface area (Å²) in [6, 6.07) is 6.44. The normalized spacial score (nSPS) is 32.4. The topological polar surface area (TPSA) is 91.3 Å². The highest BCUT2D eigenvalue weighted by atomic mass is 16.6. The number of Topliss-reactive ketones (excluding diaryl/α,β-unsaturated/α-hetero) is 1. The van der Waals surface area contributed by atoms with Gasteiger partial charge in [0.2, 0.25) is 5.60 Å². The Morgan fingerprint density at radius 1 is 1.35 bits per heavy atom. The number of carbonyl (C=O) groups excluding carboxylic acids is 2. The van der Waals surface area contributed by atoms with Crippen molar-refractivity contribution in [3.05, 3.63) is 29.8 Å². The number of carbonyl (C=O) groups is 2. The van der Waals surface area contributed by atoms with E-state index in [0.29, 0.717) is 5.75 Å². The number of ether oxygens (including phenoxy) is 4. The van der Waals surface area contributed by atoms with E-state index in [1.807, 2.05) is 0 Å². The largest absolute Gasteiger partial charge is 0.497 e. The molecule has 2 aliphatic rings. The summed E-state index contributed by atoms with van der Waals surface area (Å²) in [4.78, 5) is 24.6. The van der Waals surface area contributed by atoms with E-state index in [1.165, 1.54) is 20.1 Å². The first-order valence-electron chi connectivity index (χ1n) is 7.27. The monoisotopic (exact) mass is 322 g/mol. The highest BCUT2D eigenvalue weighted by molar-refractivity contribution is 5.95. The summed E-state index contributed by atoms with van der Waals surface area (Å²) < 4.78 is 21.5. The summed E-state index contributed by atoms with van der Waals surface area (Å²) >= 11 is 0. The molecule has 2 fully saturated rings. The zero-order valence-corrected chi connectivity index (χ0v) is 12.9. The van der Waals surface area contributed by atoms with Crippen LogP contribution in [0.15, 0.2) is 24.3 Å². The maximum atomic E-state index is 12.4. The van der Waals surface area contributed by atoms with Gasteiger partial charge in [0.15, 0.2) is 5.78 Å². The van der Waals surface area contributed by atoms with Crippen molar-refractivity contribution in [2.75, 3.05) is 20.3 Å². The molecule has 23 heavy (non-hydrogen) atoms. The Labute approximate surface area is 133 Å². The minimum absolute atomic E-state index is 0.0427. The second-order valence-corrected chi connectivity index (χ2v) is 5.66. The molecule has 2 saturated heterocycles. The van der Waals surface area contributed by atoms with Gasteiger partial charge in [-0.2, -0.15) is 0 Å². The van der Waals surface area contributed by atoms with E-state index in [2.05, 4.69) is 0 Å². The minimum atomic E-state index is -1.54. The number of aliphatic hydroxyl groups excluding tert-OH is 1. The van der Waals surface area contributed by atoms with Crippen molar-refractivity contribution in [3.63, 3.8) is 0 Å². The third-order valence-electron chi connectivity index (χ3n) is 4.25. The van der Waals surface area contributed by atoms with Gasteiger partial charge < -0.3 is 24.1 Å². The third kappa shape index (κ3) is 2.60. The average molecular weight is 322 g/mol. The van der Waals surface area contributed by atoms with Gasteiger partial charge in [0.25, 0.3) is 0 Å². The van der Waals surface area contributed by atoms with Crippen LogP contribution in [-0.2, 0) is 19.0 Å². The van der Waals surface area contributed by atoms with Crippen LogP contribution in [0.5, 0.6) is 5.75 Å². The molecule has 7 nitrogen and oxygen atoms in total. The van der Waals surface area contributed by atoms with E-state index < -0.39 is 29.9 Å². The van der Waals surface area contributed by atoms with Gasteiger partial charge in [-0.1, -0.05) is 6.07 Å². The van der Waals surface area contributed by atoms with Crippen LogP contribution in [0.1, 0.15) is 17.3 Å². The lowest BCUT2D eigenvalue weighted by molar-refractivity contribution is -0.147. The molecular formula is C16H18O7. The van der Waals surface area contributed by atoms with Crippen LogP contribution in [0, 0.1) is 0 Å². The van der Waals surface area contributed by atoms with Crippen molar-refractivity contribution in [1.82, 2.24) is 0 Å². The predicted octanol–water partition coefficient (Wildman–Crippen LogP) is 0.338. The Morgan fingerprint density at radius 3 is 2.83 bits per heavy atom. The molecule has 0 radical (unpaired) electrons. The van der Waals surface area contributed by atoms with Crippen LogP contribution in [0.25, 0.3) is 0 Å². The van der Waals surface area contributed by atoms with Gasteiger partial charge in [-0.3, -0.25) is 4.79 Å². The van der Waals surface area contributed by atoms with Gasteiger partial charge in [0.05, 0.1) is 25.9 Å². The van der Waals surface area contributed by atoms with Crippen molar-refractivity contribution >= 4 is 11.8 Å². The molecule has 7 heteroatoms. The summed E-state index contributed by atoms with van der Waals surface area (Å²) in [7, 11) is 1.49. The summed E-state index contributed by atoms with van der Waals surface area (Å²) in [5.41, 5.74) is -1.28.